The molecule has 0 aromatic rings. The van der Waals surface area contributed by atoms with Crippen molar-refractivity contribution < 1.29 is 14.3 Å². The van der Waals surface area contributed by atoms with Crippen LogP contribution in [0.1, 0.15) is 19.8 Å². The van der Waals surface area contributed by atoms with Gasteiger partial charge in [0, 0.05) is 6.54 Å². The second-order valence-corrected chi connectivity index (χ2v) is 5.37. The average Bonchev–Trinajstić information content (AvgIpc) is 2.57. The topological polar surface area (TPSA) is 46.6 Å². The van der Waals surface area contributed by atoms with Gasteiger partial charge in [0.1, 0.15) is 4.46 Å². The van der Waals surface area contributed by atoms with Crippen molar-refractivity contribution in [3.05, 3.63) is 0 Å². The van der Waals surface area contributed by atoms with Gasteiger partial charge in [-0.05, 0) is 19.8 Å². The molecule has 2 saturated heterocycles. The maximum atomic E-state index is 11.4. The minimum atomic E-state index is -0.756. The minimum absolute atomic E-state index is 0.00177. The molecule has 4 nitrogen and oxygen atoms in total. The molecule has 0 aromatic heterocycles. The van der Waals surface area contributed by atoms with Gasteiger partial charge in [0.05, 0.1) is 6.04 Å². The molecule has 5 heteroatoms. The zero-order valence-corrected chi connectivity index (χ0v) is 9.87. The van der Waals surface area contributed by atoms with Gasteiger partial charge in [0.2, 0.25) is 0 Å². The Hall–Kier alpha value is -0.528. The zero-order valence-electron chi connectivity index (χ0n) is 7.87. The van der Waals surface area contributed by atoms with Crippen LogP contribution in [0.3, 0.4) is 0 Å². The number of rotatable bonds is 1. The van der Waals surface area contributed by atoms with Gasteiger partial charge in [-0.3, -0.25) is 4.79 Å². The van der Waals surface area contributed by atoms with Crippen molar-refractivity contribution in [1.29, 1.82) is 0 Å². The molecule has 0 radical (unpaired) electrons. The first kappa shape index (κ1) is 9.04. The summed E-state index contributed by atoms with van der Waals surface area (Å²) in [6, 6.07) is 0.0316. The van der Waals surface area contributed by atoms with Crippen LogP contribution < -0.4 is 0 Å². The standard InChI is InChI=1S/C8H10NO3.Al.2H/c1-5(10)7-6-3-2-4-9(6)8(11)12-7;;;/h6H,2-4H2,1H3;;;/t6-;;;/m0.../s1. The molecule has 0 N–H and O–H groups in total. The molecule has 2 rings (SSSR count). The molecule has 0 aromatic carbocycles. The molecule has 0 bridgehead atoms. The largest absolute Gasteiger partial charge is 0.451 e. The Morgan fingerprint density at radius 3 is 3.08 bits per heavy atom. The summed E-state index contributed by atoms with van der Waals surface area (Å²) < 4.78 is 4.42. The summed E-state index contributed by atoms with van der Waals surface area (Å²) in [5.74, 6) is 0.00177. The number of hydrogen-bond acceptors (Lipinski definition) is 3. The summed E-state index contributed by atoms with van der Waals surface area (Å²) >= 11 is 0.592. The molecule has 0 spiro atoms. The first-order valence-electron chi connectivity index (χ1n) is 4.56. The van der Waals surface area contributed by atoms with Crippen LogP contribution >= 0.6 is 0 Å². The summed E-state index contributed by atoms with van der Waals surface area (Å²) in [7, 11) is 0. The summed E-state index contributed by atoms with van der Waals surface area (Å²) in [6.07, 6.45) is 1.61. The highest BCUT2D eigenvalue weighted by Gasteiger charge is 2.54. The van der Waals surface area contributed by atoms with Crippen molar-refractivity contribution in [3.8, 4) is 0 Å². The monoisotopic (exact) mass is 197 g/mol. The lowest BCUT2D eigenvalue weighted by Crippen LogP contribution is -2.48. The van der Waals surface area contributed by atoms with Gasteiger partial charge in [0.15, 0.2) is 5.78 Å². The fraction of sp³-hybridized carbons (Fsp3) is 0.750. The molecular formula is C8H12AlNO3. The van der Waals surface area contributed by atoms with E-state index in [-0.39, 0.29) is 17.9 Å². The van der Waals surface area contributed by atoms with Gasteiger partial charge in [0.25, 0.3) is 16.3 Å². The van der Waals surface area contributed by atoms with E-state index in [9.17, 15) is 9.59 Å². The van der Waals surface area contributed by atoms with Gasteiger partial charge in [-0.1, -0.05) is 0 Å². The van der Waals surface area contributed by atoms with Crippen LogP contribution in [-0.2, 0) is 9.53 Å². The summed E-state index contributed by atoms with van der Waals surface area (Å²) in [4.78, 5) is 24.4. The van der Waals surface area contributed by atoms with Crippen LogP contribution in [0.2, 0.25) is 0 Å². The first-order chi connectivity index (χ1) is 6.05. The predicted octanol–water partition coefficient (Wildman–Crippen LogP) is -0.481. The van der Waals surface area contributed by atoms with Crippen molar-refractivity contribution in [3.63, 3.8) is 0 Å². The molecule has 13 heavy (non-hydrogen) atoms. The van der Waals surface area contributed by atoms with Gasteiger partial charge in [-0.25, -0.2) is 4.79 Å². The van der Waals surface area contributed by atoms with Crippen LogP contribution in [-0.4, -0.2) is 50.1 Å². The summed E-state index contributed by atoms with van der Waals surface area (Å²) in [5, 5.41) is 0. The third-order valence-corrected chi connectivity index (χ3v) is 4.70. The van der Waals surface area contributed by atoms with Gasteiger partial charge >= 0.3 is 6.09 Å². The number of ketones is 1. The van der Waals surface area contributed by atoms with Gasteiger partial charge < -0.3 is 9.64 Å². The van der Waals surface area contributed by atoms with Crippen LogP contribution in [0.4, 0.5) is 4.79 Å². The van der Waals surface area contributed by atoms with Crippen LogP contribution in [0, 0.1) is 0 Å². The number of carbonyl (C=O) groups is 2. The predicted molar refractivity (Wildman–Crippen MR) is 48.2 cm³/mol. The number of amides is 1. The Labute approximate surface area is 84.6 Å². The SMILES string of the molecule is CC(=O)[C]1([AlH2])OC(=O)N2CCC[C@H]21. The van der Waals surface area contributed by atoms with Crippen LogP contribution in [0.25, 0.3) is 0 Å². The molecule has 0 aliphatic carbocycles. The van der Waals surface area contributed by atoms with E-state index < -0.39 is 4.46 Å². The van der Waals surface area contributed by atoms with Crippen LogP contribution in [0.15, 0.2) is 0 Å². The fourth-order valence-electron chi connectivity index (χ4n) is 2.17. The average molecular weight is 197 g/mol. The Morgan fingerprint density at radius 2 is 2.46 bits per heavy atom. The Balaban J connectivity index is 2.33. The quantitative estimate of drug-likeness (QED) is 0.533. The highest BCUT2D eigenvalue weighted by molar-refractivity contribution is 6.29. The molecule has 2 heterocycles. The zero-order chi connectivity index (χ0) is 9.64. The third kappa shape index (κ3) is 1.11. The Bertz CT molecular complexity index is 281. The van der Waals surface area contributed by atoms with E-state index >= 15 is 0 Å². The molecule has 70 valence electrons. The summed E-state index contributed by atoms with van der Waals surface area (Å²) in [6.45, 7) is 2.27. The normalized spacial score (nSPS) is 37.5. The fourth-order valence-corrected chi connectivity index (χ4v) is 2.95. The lowest BCUT2D eigenvalue weighted by atomic mass is 10.1. The maximum absolute atomic E-state index is 11.4. The molecule has 2 atom stereocenters. The number of fused-ring (bicyclic) bond motifs is 1. The molecule has 0 saturated carbocycles. The number of nitrogens with zero attached hydrogens (tertiary/aromatic N) is 1. The number of cyclic esters (lactones) is 1. The van der Waals surface area contributed by atoms with Gasteiger partial charge in [-0.15, -0.1) is 0 Å². The third-order valence-electron chi connectivity index (χ3n) is 3.12. The molecule has 1 amide bonds. The molecule has 2 aliphatic rings. The van der Waals surface area contributed by atoms with Crippen molar-refractivity contribution >= 4 is 28.2 Å². The lowest BCUT2D eigenvalue weighted by Gasteiger charge is -2.25. The van der Waals surface area contributed by atoms with Crippen molar-refractivity contribution in [2.45, 2.75) is 30.3 Å². The number of carbonyl (C=O) groups excluding carboxylic acids is 2. The van der Waals surface area contributed by atoms with Crippen LogP contribution in [0.5, 0.6) is 0 Å². The number of Topliss-reactive ketones (excluding diaryl/α,β-unsaturated/α-hetero) is 1. The van der Waals surface area contributed by atoms with E-state index in [1.807, 2.05) is 0 Å². The van der Waals surface area contributed by atoms with E-state index in [1.165, 1.54) is 6.92 Å². The highest BCUT2D eigenvalue weighted by atomic mass is 27.0. The second-order valence-electron chi connectivity index (χ2n) is 3.88. The second kappa shape index (κ2) is 2.73. The highest BCUT2D eigenvalue weighted by Crippen LogP contribution is 2.35. The van der Waals surface area contributed by atoms with E-state index in [2.05, 4.69) is 0 Å². The van der Waals surface area contributed by atoms with E-state index in [4.69, 9.17) is 4.74 Å². The number of hydrogen-bond donors (Lipinski definition) is 0. The smallest absolute Gasteiger partial charge is 0.409 e. The maximum Gasteiger partial charge on any atom is 0.409 e. The van der Waals surface area contributed by atoms with Crippen molar-refractivity contribution in [2.75, 3.05) is 6.54 Å². The molecule has 2 aliphatic heterocycles. The molecule has 1 unspecified atom stereocenters. The van der Waals surface area contributed by atoms with E-state index in [1.54, 1.807) is 4.90 Å². The van der Waals surface area contributed by atoms with E-state index in [0.717, 1.165) is 19.4 Å². The Morgan fingerprint density at radius 1 is 1.77 bits per heavy atom. The summed E-state index contributed by atoms with van der Waals surface area (Å²) in [5.41, 5.74) is 0. The lowest BCUT2D eigenvalue weighted by molar-refractivity contribution is -0.127. The van der Waals surface area contributed by atoms with Gasteiger partial charge in [-0.2, -0.15) is 0 Å². The van der Waals surface area contributed by atoms with E-state index in [0.29, 0.717) is 16.3 Å². The van der Waals surface area contributed by atoms with Crippen molar-refractivity contribution in [1.82, 2.24) is 4.90 Å². The minimum Gasteiger partial charge on any atom is -0.451 e. The molecular weight excluding hydrogens is 185 g/mol. The number of ether oxygens (including phenoxy) is 1. The molecule has 2 fully saturated rings. The van der Waals surface area contributed by atoms with Crippen molar-refractivity contribution in [2.24, 2.45) is 0 Å². The first-order valence-corrected chi connectivity index (χ1v) is 5.56. The Kier molecular flexibility index (Phi) is 1.90.